The van der Waals surface area contributed by atoms with Gasteiger partial charge in [-0.25, -0.2) is 9.97 Å². The Hall–Kier alpha value is -0.780. The van der Waals surface area contributed by atoms with Gasteiger partial charge < -0.3 is 5.32 Å². The smallest absolute Gasteiger partial charge is 0.0900 e. The van der Waals surface area contributed by atoms with Gasteiger partial charge in [0.05, 0.1) is 21.9 Å². The van der Waals surface area contributed by atoms with Crippen molar-refractivity contribution in [3.8, 4) is 0 Å². The number of aromatic nitrogens is 2. The van der Waals surface area contributed by atoms with Crippen molar-refractivity contribution in [2.75, 3.05) is 0 Å². The highest BCUT2D eigenvalue weighted by molar-refractivity contribution is 7.11. The van der Waals surface area contributed by atoms with Crippen LogP contribution in [-0.2, 0) is 13.1 Å². The fourth-order valence-electron chi connectivity index (χ4n) is 1.37. The van der Waals surface area contributed by atoms with Crippen LogP contribution in [0, 0.1) is 13.8 Å². The van der Waals surface area contributed by atoms with E-state index < -0.39 is 0 Å². The van der Waals surface area contributed by atoms with E-state index in [4.69, 9.17) is 0 Å². The molecule has 0 fully saturated rings. The van der Waals surface area contributed by atoms with E-state index in [2.05, 4.69) is 27.6 Å². The molecule has 0 atom stereocenters. The van der Waals surface area contributed by atoms with Crippen molar-refractivity contribution >= 4 is 22.7 Å². The van der Waals surface area contributed by atoms with Crippen molar-refractivity contribution in [2.45, 2.75) is 26.9 Å². The van der Waals surface area contributed by atoms with Gasteiger partial charge in [-0.05, 0) is 13.8 Å². The number of aryl methyl sites for hydroxylation is 2. The quantitative estimate of drug-likeness (QED) is 0.891. The first-order valence-corrected chi connectivity index (χ1v) is 6.52. The summed E-state index contributed by atoms with van der Waals surface area (Å²) < 4.78 is 0. The molecule has 0 bridgehead atoms. The molecule has 0 amide bonds. The number of nitrogens with one attached hydrogen (secondary N) is 1. The van der Waals surface area contributed by atoms with E-state index in [9.17, 15) is 0 Å². The molecule has 0 aliphatic carbocycles. The molecule has 0 aliphatic rings. The van der Waals surface area contributed by atoms with Crippen LogP contribution in [0.2, 0.25) is 0 Å². The first-order chi connectivity index (χ1) is 7.25. The van der Waals surface area contributed by atoms with Crippen LogP contribution in [0.4, 0.5) is 0 Å². The van der Waals surface area contributed by atoms with E-state index in [-0.39, 0.29) is 0 Å². The molecule has 2 heterocycles. The summed E-state index contributed by atoms with van der Waals surface area (Å²) in [6.45, 7) is 5.80. The summed E-state index contributed by atoms with van der Waals surface area (Å²) >= 11 is 3.38. The Morgan fingerprint density at radius 1 is 1.33 bits per heavy atom. The fraction of sp³-hybridized carbons (Fsp3) is 0.400. The van der Waals surface area contributed by atoms with E-state index >= 15 is 0 Å². The summed E-state index contributed by atoms with van der Waals surface area (Å²) in [5.41, 5.74) is 4.12. The first-order valence-electron chi connectivity index (χ1n) is 4.76. The van der Waals surface area contributed by atoms with E-state index in [1.807, 2.05) is 12.4 Å². The third-order valence-electron chi connectivity index (χ3n) is 2.08. The molecular formula is C10H13N3S2. The summed E-state index contributed by atoms with van der Waals surface area (Å²) in [5, 5.41) is 6.55. The van der Waals surface area contributed by atoms with E-state index in [1.165, 1.54) is 4.88 Å². The van der Waals surface area contributed by atoms with Crippen LogP contribution in [-0.4, -0.2) is 9.97 Å². The standard InChI is InChI=1S/C10H13N3S2/c1-7-10(13-8(2)15-7)4-11-3-9-5-14-6-12-9/h5-6,11H,3-4H2,1-2H3. The van der Waals surface area contributed by atoms with Gasteiger partial charge in [-0.2, -0.15) is 0 Å². The predicted molar refractivity (Wildman–Crippen MR) is 64.2 cm³/mol. The molecule has 1 N–H and O–H groups in total. The SMILES string of the molecule is Cc1nc(CNCc2cscn2)c(C)s1. The van der Waals surface area contributed by atoms with Crippen LogP contribution in [0.25, 0.3) is 0 Å². The molecule has 2 aromatic heterocycles. The highest BCUT2D eigenvalue weighted by Gasteiger charge is 2.04. The minimum atomic E-state index is 0.819. The van der Waals surface area contributed by atoms with Crippen molar-refractivity contribution in [3.05, 3.63) is 32.2 Å². The van der Waals surface area contributed by atoms with Gasteiger partial charge in [0.25, 0.3) is 0 Å². The zero-order valence-corrected chi connectivity index (χ0v) is 10.4. The Labute approximate surface area is 97.2 Å². The molecule has 2 aromatic rings. The normalized spacial score (nSPS) is 10.8. The molecule has 5 heteroatoms. The minimum absolute atomic E-state index is 0.819. The van der Waals surface area contributed by atoms with Gasteiger partial charge in [0, 0.05) is 23.3 Å². The second-order valence-corrected chi connectivity index (χ2v) is 5.45. The van der Waals surface area contributed by atoms with Gasteiger partial charge >= 0.3 is 0 Å². The summed E-state index contributed by atoms with van der Waals surface area (Å²) in [4.78, 5) is 9.98. The van der Waals surface area contributed by atoms with Crippen LogP contribution in [0.3, 0.4) is 0 Å². The van der Waals surface area contributed by atoms with E-state index in [1.54, 1.807) is 22.7 Å². The molecule has 0 spiro atoms. The van der Waals surface area contributed by atoms with Crippen LogP contribution in [0.15, 0.2) is 10.9 Å². The van der Waals surface area contributed by atoms with Crippen molar-refractivity contribution < 1.29 is 0 Å². The summed E-state index contributed by atoms with van der Waals surface area (Å²) in [6, 6.07) is 0. The molecular weight excluding hydrogens is 226 g/mol. The van der Waals surface area contributed by atoms with Crippen LogP contribution >= 0.6 is 22.7 Å². The molecule has 3 nitrogen and oxygen atoms in total. The lowest BCUT2D eigenvalue weighted by Crippen LogP contribution is -2.13. The van der Waals surface area contributed by atoms with Crippen LogP contribution in [0.1, 0.15) is 21.3 Å². The van der Waals surface area contributed by atoms with Gasteiger partial charge in [0.2, 0.25) is 0 Å². The topological polar surface area (TPSA) is 37.8 Å². The molecule has 0 saturated carbocycles. The molecule has 0 saturated heterocycles. The van der Waals surface area contributed by atoms with Crippen molar-refractivity contribution in [1.29, 1.82) is 0 Å². The minimum Gasteiger partial charge on any atom is -0.305 e. The highest BCUT2D eigenvalue weighted by Crippen LogP contribution is 2.16. The molecule has 0 radical (unpaired) electrons. The molecule has 80 valence electrons. The molecule has 2 rings (SSSR count). The Kier molecular flexibility index (Phi) is 3.45. The number of nitrogens with zero attached hydrogens (tertiary/aromatic N) is 2. The summed E-state index contributed by atoms with van der Waals surface area (Å²) in [6.07, 6.45) is 0. The molecule has 0 aromatic carbocycles. The number of hydrogen-bond donors (Lipinski definition) is 1. The van der Waals surface area contributed by atoms with Gasteiger partial charge in [-0.3, -0.25) is 0 Å². The maximum Gasteiger partial charge on any atom is 0.0900 e. The number of hydrogen-bond acceptors (Lipinski definition) is 5. The Morgan fingerprint density at radius 3 is 2.80 bits per heavy atom. The van der Waals surface area contributed by atoms with Crippen molar-refractivity contribution in [1.82, 2.24) is 15.3 Å². The second kappa shape index (κ2) is 4.83. The van der Waals surface area contributed by atoms with Crippen molar-refractivity contribution in [2.24, 2.45) is 0 Å². The number of thiazole rings is 2. The summed E-state index contributed by atoms with van der Waals surface area (Å²) in [5.74, 6) is 0. The second-order valence-electron chi connectivity index (χ2n) is 3.32. The lowest BCUT2D eigenvalue weighted by atomic mass is 10.3. The maximum atomic E-state index is 4.47. The van der Waals surface area contributed by atoms with E-state index in [0.29, 0.717) is 0 Å². The Morgan fingerprint density at radius 2 is 2.20 bits per heavy atom. The average Bonchev–Trinajstić information content (AvgIpc) is 2.77. The molecule has 15 heavy (non-hydrogen) atoms. The molecule has 0 unspecified atom stereocenters. The molecule has 0 aliphatic heterocycles. The lowest BCUT2D eigenvalue weighted by Gasteiger charge is -2.00. The van der Waals surface area contributed by atoms with Gasteiger partial charge in [-0.1, -0.05) is 0 Å². The largest absolute Gasteiger partial charge is 0.305 e. The lowest BCUT2D eigenvalue weighted by molar-refractivity contribution is 0.669. The zero-order chi connectivity index (χ0) is 10.7. The van der Waals surface area contributed by atoms with Gasteiger partial charge in [0.1, 0.15) is 0 Å². The zero-order valence-electron chi connectivity index (χ0n) is 8.78. The van der Waals surface area contributed by atoms with Gasteiger partial charge in [0.15, 0.2) is 0 Å². The van der Waals surface area contributed by atoms with E-state index in [0.717, 1.165) is 29.5 Å². The van der Waals surface area contributed by atoms with Crippen LogP contribution < -0.4 is 5.32 Å². The monoisotopic (exact) mass is 239 g/mol. The third kappa shape index (κ3) is 2.84. The first kappa shape index (κ1) is 10.7. The Bertz CT molecular complexity index is 420. The van der Waals surface area contributed by atoms with Crippen LogP contribution in [0.5, 0.6) is 0 Å². The third-order valence-corrected chi connectivity index (χ3v) is 3.65. The number of rotatable bonds is 4. The average molecular weight is 239 g/mol. The maximum absolute atomic E-state index is 4.47. The highest BCUT2D eigenvalue weighted by atomic mass is 32.1. The van der Waals surface area contributed by atoms with Crippen molar-refractivity contribution in [3.63, 3.8) is 0 Å². The Balaban J connectivity index is 1.86. The van der Waals surface area contributed by atoms with Gasteiger partial charge in [-0.15, -0.1) is 22.7 Å². The summed E-state index contributed by atoms with van der Waals surface area (Å²) in [7, 11) is 0. The predicted octanol–water partition coefficient (Wildman–Crippen LogP) is 2.51. The fourth-order valence-corrected chi connectivity index (χ4v) is 2.76.